The van der Waals surface area contributed by atoms with Crippen LogP contribution in [0, 0.1) is 5.92 Å². The molecule has 0 amide bonds. The molecule has 1 aromatic carbocycles. The zero-order valence-corrected chi connectivity index (χ0v) is 51.6. The van der Waals surface area contributed by atoms with E-state index in [0.29, 0.717) is 11.1 Å². The summed E-state index contributed by atoms with van der Waals surface area (Å²) < 4.78 is 59.0. The van der Waals surface area contributed by atoms with E-state index in [9.17, 15) is 122 Å². The largest absolute Gasteiger partial charge is 0.466 e. The monoisotopic (exact) mass is 1350 g/mol. The van der Waals surface area contributed by atoms with Gasteiger partial charge in [-0.15, -0.1) is 0 Å². The Bertz CT molecular complexity index is 2340. The summed E-state index contributed by atoms with van der Waals surface area (Å²) in [5.74, 6) is -1.20. The lowest BCUT2D eigenvalue weighted by Crippen LogP contribution is -2.64. The summed E-state index contributed by atoms with van der Waals surface area (Å²) in [7, 11) is 0. The van der Waals surface area contributed by atoms with E-state index < -0.39 is 241 Å². The molecular formula is C58H96O35. The fourth-order valence-electron chi connectivity index (χ4n) is 11.3. The Balaban J connectivity index is 0.000000253. The van der Waals surface area contributed by atoms with Crippen molar-refractivity contribution >= 4 is 11.9 Å². The van der Waals surface area contributed by atoms with Crippen molar-refractivity contribution in [1.29, 1.82) is 0 Å². The quantitative estimate of drug-likeness (QED) is 0.0338. The van der Waals surface area contributed by atoms with Gasteiger partial charge in [-0.1, -0.05) is 42.8 Å². The normalized spacial score (nSPS) is 42.1. The lowest BCUT2D eigenvalue weighted by atomic mass is 9.89. The molecule has 6 heterocycles. The van der Waals surface area contributed by atoms with E-state index in [0.717, 1.165) is 0 Å². The average Bonchev–Trinajstić information content (AvgIpc) is 0.853. The lowest BCUT2D eigenvalue weighted by molar-refractivity contribution is -0.342. The summed E-state index contributed by atoms with van der Waals surface area (Å²) in [6, 6.07) is 8.67. The number of benzene rings is 1. The zero-order chi connectivity index (χ0) is 69.3. The van der Waals surface area contributed by atoms with Crippen LogP contribution in [0.4, 0.5) is 0 Å². The van der Waals surface area contributed by atoms with E-state index in [1.807, 2.05) is 0 Å². The summed E-state index contributed by atoms with van der Waals surface area (Å²) in [4.78, 5) is 23.2. The number of carbonyl (C=O) groups excluding carboxylic acids is 2. The second-order valence-electron chi connectivity index (χ2n) is 23.5. The predicted octanol–water partition coefficient (Wildman–Crippen LogP) is -10.0. The number of rotatable bonds is 24. The molecule has 538 valence electrons. The minimum atomic E-state index is -1.73. The standard InChI is InChI=1S/C20H30O11.C19H34O12.C19H32O12/c21-7-12-15(25)16(26)18(28)20(30-12)31-19-13(8-22)29-11(14(24)17(19)27)6-10(23)9-4-2-1-3-5-9;2*1-3-28-12(22)5-8(2)4-9-13(23)16(26)18(11(7-21)29-9)31-19-17(27)15(25)14(24)10(6-20)30-19/h1-5,10-28H,6-8H2;8-11,13-21,23-27H,3-7H2,1-2H3;5,9-11,13-21,23-27H,3-4,6-7H2,1-2H3/b;;8-5+/t10?,11-,12+,13+,14-,15-,16-,17+,18+,19+,20?;8?,9-,10+,11+,13-,14-,15-,16+,17+,18+,19?;9-,10+,11+,13-,14-,15-,16+,17+,18+,19?/m000/s1. The zero-order valence-electron chi connectivity index (χ0n) is 51.6. The third-order valence-corrected chi connectivity index (χ3v) is 16.6. The molecule has 0 aromatic heterocycles. The maximum absolute atomic E-state index is 11.6. The number of ether oxygens (including phenoxy) is 11. The molecule has 6 aliphatic rings. The highest BCUT2D eigenvalue weighted by Crippen LogP contribution is 2.36. The van der Waals surface area contributed by atoms with E-state index in [2.05, 4.69) is 0 Å². The number of hydrogen-bond donors (Lipinski definition) is 22. The van der Waals surface area contributed by atoms with Crippen molar-refractivity contribution in [2.24, 2.45) is 5.92 Å². The molecular weight excluding hydrogens is 1260 g/mol. The topological polar surface area (TPSA) is 581 Å². The van der Waals surface area contributed by atoms with Gasteiger partial charge in [0, 0.05) is 18.9 Å². The van der Waals surface area contributed by atoms with Crippen LogP contribution < -0.4 is 0 Å². The Morgan fingerprint density at radius 2 is 0.763 bits per heavy atom. The van der Waals surface area contributed by atoms with Crippen LogP contribution in [0.25, 0.3) is 0 Å². The van der Waals surface area contributed by atoms with Gasteiger partial charge < -0.3 is 164 Å². The van der Waals surface area contributed by atoms with Gasteiger partial charge in [0.15, 0.2) is 18.9 Å². The van der Waals surface area contributed by atoms with Crippen molar-refractivity contribution in [3.63, 3.8) is 0 Å². The lowest BCUT2D eigenvalue weighted by Gasteiger charge is -2.46. The minimum absolute atomic E-state index is 0.0559. The van der Waals surface area contributed by atoms with Crippen molar-refractivity contribution < 1.29 is 174 Å². The number of aliphatic hydroxyl groups is 22. The maximum Gasteiger partial charge on any atom is 0.330 e. The highest BCUT2D eigenvalue weighted by molar-refractivity contribution is 5.82. The van der Waals surface area contributed by atoms with Crippen LogP contribution in [0.2, 0.25) is 0 Å². The Labute approximate surface area is 534 Å². The van der Waals surface area contributed by atoms with Crippen LogP contribution in [0.1, 0.15) is 65.0 Å². The molecule has 22 N–H and O–H groups in total. The van der Waals surface area contributed by atoms with Crippen molar-refractivity contribution in [2.45, 2.75) is 243 Å². The van der Waals surface area contributed by atoms with E-state index in [-0.39, 0.29) is 44.8 Å². The van der Waals surface area contributed by atoms with Crippen LogP contribution in [0.15, 0.2) is 42.0 Å². The molecule has 0 saturated carbocycles. The number of carbonyl (C=O) groups is 2. The molecule has 32 atom stereocenters. The molecule has 7 rings (SSSR count). The van der Waals surface area contributed by atoms with Crippen LogP contribution in [-0.2, 0) is 61.7 Å². The molecule has 0 spiro atoms. The Hall–Kier alpha value is -3.34. The van der Waals surface area contributed by atoms with Gasteiger partial charge in [-0.25, -0.2) is 4.79 Å². The molecule has 35 nitrogen and oxygen atoms in total. The fourth-order valence-corrected chi connectivity index (χ4v) is 11.3. The van der Waals surface area contributed by atoms with E-state index in [1.54, 1.807) is 58.0 Å². The summed E-state index contributed by atoms with van der Waals surface area (Å²) in [6.45, 7) is 3.32. The molecule has 35 heteroatoms. The summed E-state index contributed by atoms with van der Waals surface area (Å²) >= 11 is 0. The molecule has 0 radical (unpaired) electrons. The fraction of sp³-hybridized carbons (Fsp3) is 0.828. The summed E-state index contributed by atoms with van der Waals surface area (Å²) in [5, 5.41) is 220. The van der Waals surface area contributed by atoms with Gasteiger partial charge in [0.2, 0.25) is 0 Å². The summed E-state index contributed by atoms with van der Waals surface area (Å²) in [6.07, 6.45) is -42.5. The van der Waals surface area contributed by atoms with Gasteiger partial charge in [-0.3, -0.25) is 4.79 Å². The second kappa shape index (κ2) is 38.1. The Morgan fingerprint density at radius 3 is 1.12 bits per heavy atom. The first-order valence-electron chi connectivity index (χ1n) is 30.5. The number of aliphatic hydroxyl groups excluding tert-OH is 22. The van der Waals surface area contributed by atoms with Crippen molar-refractivity contribution in [3.05, 3.63) is 47.5 Å². The molecule has 6 aliphatic heterocycles. The summed E-state index contributed by atoms with van der Waals surface area (Å²) in [5.41, 5.74) is 1.10. The Morgan fingerprint density at radius 1 is 0.430 bits per heavy atom. The van der Waals surface area contributed by atoms with Crippen molar-refractivity contribution in [2.75, 3.05) is 52.9 Å². The maximum atomic E-state index is 11.6. The minimum Gasteiger partial charge on any atom is -0.466 e. The van der Waals surface area contributed by atoms with Gasteiger partial charge >= 0.3 is 11.9 Å². The number of esters is 2. The average molecular weight is 1350 g/mol. The van der Waals surface area contributed by atoms with Gasteiger partial charge in [0.1, 0.15) is 146 Å². The Kier molecular flexibility index (Phi) is 32.9. The first-order valence-corrected chi connectivity index (χ1v) is 30.5. The highest BCUT2D eigenvalue weighted by atomic mass is 16.7. The first-order chi connectivity index (χ1) is 44.1. The first kappa shape index (κ1) is 80.3. The molecule has 0 aliphatic carbocycles. The molecule has 5 unspecified atom stereocenters. The van der Waals surface area contributed by atoms with E-state index in [1.165, 1.54) is 6.08 Å². The van der Waals surface area contributed by atoms with Crippen molar-refractivity contribution in [1.82, 2.24) is 0 Å². The van der Waals surface area contributed by atoms with Crippen LogP contribution in [0.5, 0.6) is 0 Å². The van der Waals surface area contributed by atoms with Crippen LogP contribution in [0.3, 0.4) is 0 Å². The third kappa shape index (κ3) is 20.9. The molecule has 6 fully saturated rings. The van der Waals surface area contributed by atoms with Crippen molar-refractivity contribution in [3.8, 4) is 0 Å². The third-order valence-electron chi connectivity index (χ3n) is 16.6. The van der Waals surface area contributed by atoms with Crippen LogP contribution in [-0.4, -0.2) is 361 Å². The van der Waals surface area contributed by atoms with Gasteiger partial charge in [0.05, 0.1) is 77.3 Å². The van der Waals surface area contributed by atoms with E-state index >= 15 is 0 Å². The molecule has 0 bridgehead atoms. The second-order valence-corrected chi connectivity index (χ2v) is 23.5. The predicted molar refractivity (Wildman–Crippen MR) is 305 cm³/mol. The van der Waals surface area contributed by atoms with Crippen LogP contribution >= 0.6 is 0 Å². The van der Waals surface area contributed by atoms with Gasteiger partial charge in [0.25, 0.3) is 0 Å². The number of hydrogen-bond acceptors (Lipinski definition) is 35. The van der Waals surface area contributed by atoms with Gasteiger partial charge in [-0.05, 0) is 45.1 Å². The highest BCUT2D eigenvalue weighted by Gasteiger charge is 2.54. The van der Waals surface area contributed by atoms with E-state index in [4.69, 9.17) is 52.1 Å². The molecule has 6 saturated heterocycles. The molecule has 1 aromatic rings. The van der Waals surface area contributed by atoms with Gasteiger partial charge in [-0.2, -0.15) is 0 Å². The molecule has 93 heavy (non-hydrogen) atoms. The smallest absolute Gasteiger partial charge is 0.330 e. The SMILES string of the molecule is CCOC(=O)/C=C(\C)C[C@@H]1O[C@H](CO)[C@@H](OC2O[C@H](CO)[C@H](O)[C@H](O)[C@H]2O)[C@H](O)[C@H]1O.CCOC(=O)CC(C)C[C@@H]1O[C@H](CO)[C@@H](OC2O[C@H](CO)[C@H](O)[C@H](O)[C@H]2O)[C@H](O)[C@H]1O.OC[C@H]1OC(O[C@H]2[C@H](O)[C@@H](O)[C@H](CC(O)c3ccccc3)O[C@@H]2CO)[C@H](O)[C@@H](O)[C@H]1O.